The number of benzene rings is 1. The molecular formula is C16H18ClFN2O. The molecule has 0 saturated heterocycles. The second-order valence-electron chi connectivity index (χ2n) is 4.96. The highest BCUT2D eigenvalue weighted by molar-refractivity contribution is 6.32. The van der Waals surface area contributed by atoms with Crippen molar-refractivity contribution >= 4 is 17.4 Å². The maximum Gasteiger partial charge on any atom is 0.171 e. The highest BCUT2D eigenvalue weighted by Crippen LogP contribution is 2.23. The van der Waals surface area contributed by atoms with Gasteiger partial charge in [-0.1, -0.05) is 24.6 Å². The third kappa shape index (κ3) is 3.16. The first kappa shape index (κ1) is 15.7. The minimum atomic E-state index is -0.491. The van der Waals surface area contributed by atoms with E-state index in [0.29, 0.717) is 23.7 Å². The van der Waals surface area contributed by atoms with Crippen LogP contribution < -0.4 is 0 Å². The van der Waals surface area contributed by atoms with E-state index in [2.05, 4.69) is 5.10 Å². The maximum absolute atomic E-state index is 13.9. The summed E-state index contributed by atoms with van der Waals surface area (Å²) in [6.07, 6.45) is 0.756. The van der Waals surface area contributed by atoms with Crippen molar-refractivity contribution in [3.8, 4) is 0 Å². The predicted octanol–water partition coefficient (Wildman–Crippen LogP) is 3.99. The molecular weight excluding hydrogens is 291 g/mol. The molecule has 0 N–H and O–H groups in total. The standard InChI is InChI=1S/C16H18ClFN2O/c1-4-13-16(17)14(20(5-2)19-13)9-15(21)11-7-6-10(3)8-12(11)18/h6-8H,4-5,9H2,1-3H3. The summed E-state index contributed by atoms with van der Waals surface area (Å²) >= 11 is 6.28. The summed E-state index contributed by atoms with van der Waals surface area (Å²) in [6.45, 7) is 6.30. The van der Waals surface area contributed by atoms with Gasteiger partial charge in [-0.3, -0.25) is 9.48 Å². The van der Waals surface area contributed by atoms with Gasteiger partial charge >= 0.3 is 0 Å². The van der Waals surface area contributed by atoms with Gasteiger partial charge in [0.1, 0.15) is 5.82 Å². The fraction of sp³-hybridized carbons (Fsp3) is 0.375. The average Bonchev–Trinajstić information content (AvgIpc) is 2.75. The van der Waals surface area contributed by atoms with Crippen molar-refractivity contribution in [2.24, 2.45) is 0 Å². The number of hydrogen-bond donors (Lipinski definition) is 0. The maximum atomic E-state index is 13.9. The van der Waals surface area contributed by atoms with Crippen LogP contribution >= 0.6 is 11.6 Å². The Kier molecular flexibility index (Phi) is 4.78. The number of rotatable bonds is 5. The molecule has 0 saturated carbocycles. The number of carbonyl (C=O) groups is 1. The topological polar surface area (TPSA) is 34.9 Å². The van der Waals surface area contributed by atoms with Crippen LogP contribution in [0.15, 0.2) is 18.2 Å². The van der Waals surface area contributed by atoms with E-state index in [1.165, 1.54) is 12.1 Å². The molecule has 0 aliphatic carbocycles. The summed E-state index contributed by atoms with van der Waals surface area (Å²) in [5.41, 5.74) is 2.30. The van der Waals surface area contributed by atoms with E-state index in [-0.39, 0.29) is 17.8 Å². The molecule has 0 radical (unpaired) electrons. The minimum absolute atomic E-state index is 0.0552. The Morgan fingerprint density at radius 2 is 2.10 bits per heavy atom. The first-order valence-electron chi connectivity index (χ1n) is 7.01. The van der Waals surface area contributed by atoms with Gasteiger partial charge in [-0.15, -0.1) is 0 Å². The van der Waals surface area contributed by atoms with E-state index >= 15 is 0 Å². The van der Waals surface area contributed by atoms with E-state index in [9.17, 15) is 9.18 Å². The van der Waals surface area contributed by atoms with E-state index < -0.39 is 5.82 Å². The molecule has 0 amide bonds. The number of halogens is 2. The number of aromatic nitrogens is 2. The van der Waals surface area contributed by atoms with Gasteiger partial charge in [0.15, 0.2) is 5.78 Å². The Morgan fingerprint density at radius 3 is 2.67 bits per heavy atom. The summed E-state index contributed by atoms with van der Waals surface area (Å²) in [4.78, 5) is 12.3. The van der Waals surface area contributed by atoms with Gasteiger partial charge in [-0.2, -0.15) is 5.10 Å². The van der Waals surface area contributed by atoms with E-state index in [4.69, 9.17) is 11.6 Å². The third-order valence-electron chi connectivity index (χ3n) is 3.45. The Labute approximate surface area is 128 Å². The lowest BCUT2D eigenvalue weighted by Crippen LogP contribution is -2.11. The summed E-state index contributed by atoms with van der Waals surface area (Å²) in [7, 11) is 0. The molecule has 0 fully saturated rings. The molecule has 0 spiro atoms. The average molecular weight is 309 g/mol. The zero-order chi connectivity index (χ0) is 15.6. The molecule has 112 valence electrons. The van der Waals surface area contributed by atoms with Gasteiger partial charge in [0, 0.05) is 6.54 Å². The van der Waals surface area contributed by atoms with Crippen LogP contribution in [0.4, 0.5) is 4.39 Å². The lowest BCUT2D eigenvalue weighted by atomic mass is 10.0. The van der Waals surface area contributed by atoms with Crippen LogP contribution in [0.3, 0.4) is 0 Å². The Bertz CT molecular complexity index is 679. The van der Waals surface area contributed by atoms with Crippen LogP contribution in [0.1, 0.15) is 41.2 Å². The minimum Gasteiger partial charge on any atom is -0.294 e. The molecule has 0 aliphatic heterocycles. The number of aryl methyl sites for hydroxylation is 3. The summed E-state index contributed by atoms with van der Waals surface area (Å²) in [5, 5.41) is 4.88. The lowest BCUT2D eigenvalue weighted by Gasteiger charge is -2.06. The number of Topliss-reactive ketones (excluding diaryl/α,β-unsaturated/α-hetero) is 1. The van der Waals surface area contributed by atoms with Gasteiger partial charge in [-0.25, -0.2) is 4.39 Å². The zero-order valence-electron chi connectivity index (χ0n) is 12.4. The number of nitrogens with zero attached hydrogens (tertiary/aromatic N) is 2. The Hall–Kier alpha value is -1.68. The second kappa shape index (κ2) is 6.39. The first-order chi connectivity index (χ1) is 9.97. The second-order valence-corrected chi connectivity index (χ2v) is 5.34. The number of ketones is 1. The molecule has 0 bridgehead atoms. The van der Waals surface area contributed by atoms with Crippen molar-refractivity contribution in [1.29, 1.82) is 0 Å². The van der Waals surface area contributed by atoms with E-state index in [0.717, 1.165) is 11.3 Å². The molecule has 1 aromatic heterocycles. The van der Waals surface area contributed by atoms with Crippen molar-refractivity contribution in [3.63, 3.8) is 0 Å². The third-order valence-corrected chi connectivity index (χ3v) is 3.88. The van der Waals surface area contributed by atoms with E-state index in [1.807, 2.05) is 13.8 Å². The predicted molar refractivity (Wildman–Crippen MR) is 81.5 cm³/mol. The van der Waals surface area contributed by atoms with Crippen molar-refractivity contribution in [2.45, 2.75) is 40.2 Å². The Morgan fingerprint density at radius 1 is 1.38 bits per heavy atom. The molecule has 5 heteroatoms. The SMILES string of the molecule is CCc1nn(CC)c(CC(=O)c2ccc(C)cc2F)c1Cl. The summed E-state index contributed by atoms with van der Waals surface area (Å²) in [5.74, 6) is -0.777. The smallest absolute Gasteiger partial charge is 0.171 e. The van der Waals surface area contributed by atoms with Gasteiger partial charge < -0.3 is 0 Å². The van der Waals surface area contributed by atoms with Crippen LogP contribution in [-0.4, -0.2) is 15.6 Å². The largest absolute Gasteiger partial charge is 0.294 e. The Balaban J connectivity index is 2.33. The van der Waals surface area contributed by atoms with Crippen LogP contribution in [-0.2, 0) is 19.4 Å². The monoisotopic (exact) mass is 308 g/mol. The van der Waals surface area contributed by atoms with Gasteiger partial charge in [0.25, 0.3) is 0 Å². The molecule has 3 nitrogen and oxygen atoms in total. The van der Waals surface area contributed by atoms with Gasteiger partial charge in [-0.05, 0) is 38.0 Å². The fourth-order valence-corrected chi connectivity index (χ4v) is 2.62. The van der Waals surface area contributed by atoms with Crippen molar-refractivity contribution in [3.05, 3.63) is 51.6 Å². The zero-order valence-corrected chi connectivity index (χ0v) is 13.2. The normalized spacial score (nSPS) is 10.9. The first-order valence-corrected chi connectivity index (χ1v) is 7.39. The molecule has 21 heavy (non-hydrogen) atoms. The quantitative estimate of drug-likeness (QED) is 0.783. The highest BCUT2D eigenvalue weighted by Gasteiger charge is 2.19. The molecule has 2 aromatic rings. The molecule has 0 aliphatic rings. The van der Waals surface area contributed by atoms with Crippen LogP contribution in [0.5, 0.6) is 0 Å². The van der Waals surface area contributed by atoms with Gasteiger partial charge in [0.05, 0.1) is 28.4 Å². The van der Waals surface area contributed by atoms with Crippen LogP contribution in [0.2, 0.25) is 5.02 Å². The number of carbonyl (C=O) groups excluding carboxylic acids is 1. The molecule has 1 aromatic carbocycles. The van der Waals surface area contributed by atoms with Crippen molar-refractivity contribution < 1.29 is 9.18 Å². The van der Waals surface area contributed by atoms with Crippen LogP contribution in [0, 0.1) is 12.7 Å². The summed E-state index contributed by atoms with van der Waals surface area (Å²) < 4.78 is 15.6. The molecule has 2 rings (SSSR count). The lowest BCUT2D eigenvalue weighted by molar-refractivity contribution is 0.0986. The molecule has 0 unspecified atom stereocenters. The van der Waals surface area contributed by atoms with Crippen molar-refractivity contribution in [2.75, 3.05) is 0 Å². The van der Waals surface area contributed by atoms with Crippen molar-refractivity contribution in [1.82, 2.24) is 9.78 Å². The fourth-order valence-electron chi connectivity index (χ4n) is 2.28. The molecule has 0 atom stereocenters. The summed E-state index contributed by atoms with van der Waals surface area (Å²) in [6, 6.07) is 4.62. The highest BCUT2D eigenvalue weighted by atomic mass is 35.5. The molecule has 1 heterocycles. The van der Waals surface area contributed by atoms with E-state index in [1.54, 1.807) is 17.7 Å². The van der Waals surface area contributed by atoms with Crippen LogP contribution in [0.25, 0.3) is 0 Å². The number of hydrogen-bond acceptors (Lipinski definition) is 2. The van der Waals surface area contributed by atoms with Gasteiger partial charge in [0.2, 0.25) is 0 Å².